The number of hydrogen-bond acceptors (Lipinski definition) is 2. The minimum atomic E-state index is -0.395. The fourth-order valence-electron chi connectivity index (χ4n) is 1.19. The van der Waals surface area contributed by atoms with Crippen LogP contribution in [0.1, 0.15) is 18.1 Å². The van der Waals surface area contributed by atoms with Gasteiger partial charge in [-0.1, -0.05) is 12.1 Å². The molecule has 1 unspecified atom stereocenters. The highest BCUT2D eigenvalue weighted by Gasteiger charge is 2.07. The minimum absolute atomic E-state index is 0.221. The summed E-state index contributed by atoms with van der Waals surface area (Å²) >= 11 is 0. The van der Waals surface area contributed by atoms with E-state index in [9.17, 15) is 9.18 Å². The molecule has 0 spiro atoms. The maximum Gasteiger partial charge on any atom is 0.234 e. The van der Waals surface area contributed by atoms with E-state index in [4.69, 9.17) is 5.73 Å². The van der Waals surface area contributed by atoms with Crippen molar-refractivity contribution >= 4 is 5.91 Å². The number of halogens is 1. The summed E-state index contributed by atoms with van der Waals surface area (Å²) in [5.41, 5.74) is 6.62. The quantitative estimate of drug-likeness (QED) is 0.781. The summed E-state index contributed by atoms with van der Waals surface area (Å²) in [5.74, 6) is -0.615. The van der Waals surface area contributed by atoms with Gasteiger partial charge in [0.2, 0.25) is 5.91 Å². The second-order valence-corrected chi connectivity index (χ2v) is 3.59. The van der Waals surface area contributed by atoms with Crippen LogP contribution in [-0.4, -0.2) is 11.9 Å². The molecule has 0 fully saturated rings. The molecule has 1 aromatic carbocycles. The van der Waals surface area contributed by atoms with E-state index in [1.807, 2.05) is 0 Å². The Morgan fingerprint density at radius 2 is 2.27 bits per heavy atom. The lowest BCUT2D eigenvalue weighted by Gasteiger charge is -2.10. The van der Waals surface area contributed by atoms with Crippen molar-refractivity contribution in [3.63, 3.8) is 0 Å². The normalized spacial score (nSPS) is 12.5. The second kappa shape index (κ2) is 4.89. The molecule has 0 saturated carbocycles. The van der Waals surface area contributed by atoms with E-state index in [0.29, 0.717) is 12.1 Å². The highest BCUT2D eigenvalue weighted by Crippen LogP contribution is 2.08. The van der Waals surface area contributed by atoms with Gasteiger partial charge in [0, 0.05) is 6.54 Å². The van der Waals surface area contributed by atoms with Crippen molar-refractivity contribution in [2.75, 3.05) is 0 Å². The third-order valence-electron chi connectivity index (χ3n) is 2.26. The number of benzene rings is 1. The molecule has 3 nitrogen and oxygen atoms in total. The summed E-state index contributed by atoms with van der Waals surface area (Å²) in [5, 5.41) is 2.95. The van der Waals surface area contributed by atoms with Gasteiger partial charge in [-0.25, -0.2) is 4.39 Å². The summed E-state index contributed by atoms with van der Waals surface area (Å²) in [6.45, 7) is 3.90. The van der Waals surface area contributed by atoms with E-state index in [0.717, 1.165) is 5.56 Å². The van der Waals surface area contributed by atoms with Crippen LogP contribution in [0.5, 0.6) is 0 Å². The Hall–Kier alpha value is -1.42. The molecule has 3 N–H and O–H groups in total. The Kier molecular flexibility index (Phi) is 3.80. The smallest absolute Gasteiger partial charge is 0.234 e. The van der Waals surface area contributed by atoms with Crippen LogP contribution in [-0.2, 0) is 11.3 Å². The lowest BCUT2D eigenvalue weighted by atomic mass is 10.1. The van der Waals surface area contributed by atoms with Gasteiger partial charge in [0.05, 0.1) is 6.04 Å². The number of aryl methyl sites for hydroxylation is 1. The van der Waals surface area contributed by atoms with E-state index in [-0.39, 0.29) is 11.9 Å². The standard InChI is InChI=1S/C11H15FN2O/c1-7-5-9(3-4-10(7)12)6-14-8(2)11(13)15/h3-5,8,14H,6H2,1-2H3,(H2,13,15). The third kappa shape index (κ3) is 3.32. The number of hydrogen-bond donors (Lipinski definition) is 2. The minimum Gasteiger partial charge on any atom is -0.368 e. The molecule has 1 rings (SSSR count). The summed E-state index contributed by atoms with van der Waals surface area (Å²) < 4.78 is 12.9. The Morgan fingerprint density at radius 3 is 2.80 bits per heavy atom. The van der Waals surface area contributed by atoms with Crippen molar-refractivity contribution in [3.05, 3.63) is 35.1 Å². The molecule has 15 heavy (non-hydrogen) atoms. The summed E-state index contributed by atoms with van der Waals surface area (Å²) in [4.78, 5) is 10.7. The Morgan fingerprint density at radius 1 is 1.60 bits per heavy atom. The maximum atomic E-state index is 12.9. The topological polar surface area (TPSA) is 55.1 Å². The van der Waals surface area contributed by atoms with Crippen molar-refractivity contribution < 1.29 is 9.18 Å². The zero-order valence-electron chi connectivity index (χ0n) is 8.88. The Balaban J connectivity index is 2.58. The van der Waals surface area contributed by atoms with Gasteiger partial charge < -0.3 is 11.1 Å². The molecule has 1 atom stereocenters. The van der Waals surface area contributed by atoms with Crippen LogP contribution in [0.3, 0.4) is 0 Å². The zero-order valence-corrected chi connectivity index (χ0v) is 8.88. The van der Waals surface area contributed by atoms with Crippen LogP contribution in [0.25, 0.3) is 0 Å². The molecular formula is C11H15FN2O. The summed E-state index contributed by atoms with van der Waals surface area (Å²) in [7, 11) is 0. The molecule has 1 amide bonds. The second-order valence-electron chi connectivity index (χ2n) is 3.59. The molecule has 1 aromatic rings. The lowest BCUT2D eigenvalue weighted by molar-refractivity contribution is -0.119. The van der Waals surface area contributed by atoms with Crippen LogP contribution in [0.2, 0.25) is 0 Å². The average Bonchev–Trinajstić information content (AvgIpc) is 2.19. The SMILES string of the molecule is Cc1cc(CNC(C)C(N)=O)ccc1F. The molecular weight excluding hydrogens is 195 g/mol. The van der Waals surface area contributed by atoms with Crippen molar-refractivity contribution in [3.8, 4) is 0 Å². The van der Waals surface area contributed by atoms with Gasteiger partial charge >= 0.3 is 0 Å². The monoisotopic (exact) mass is 210 g/mol. The largest absolute Gasteiger partial charge is 0.368 e. The van der Waals surface area contributed by atoms with E-state index in [1.165, 1.54) is 6.07 Å². The predicted molar refractivity (Wildman–Crippen MR) is 56.6 cm³/mol. The molecule has 0 aliphatic carbocycles. The summed E-state index contributed by atoms with van der Waals surface area (Å²) in [6, 6.07) is 4.47. The van der Waals surface area contributed by atoms with Crippen molar-refractivity contribution in [2.24, 2.45) is 5.73 Å². The van der Waals surface area contributed by atoms with E-state index in [1.54, 1.807) is 26.0 Å². The molecule has 4 heteroatoms. The molecule has 0 aromatic heterocycles. The number of amides is 1. The van der Waals surface area contributed by atoms with Crippen molar-refractivity contribution in [1.82, 2.24) is 5.32 Å². The van der Waals surface area contributed by atoms with Gasteiger partial charge in [0.15, 0.2) is 0 Å². The van der Waals surface area contributed by atoms with Crippen LogP contribution < -0.4 is 11.1 Å². The van der Waals surface area contributed by atoms with Gasteiger partial charge in [-0.3, -0.25) is 4.79 Å². The van der Waals surface area contributed by atoms with Gasteiger partial charge in [0.25, 0.3) is 0 Å². The number of rotatable bonds is 4. The van der Waals surface area contributed by atoms with Gasteiger partial charge in [-0.2, -0.15) is 0 Å². The van der Waals surface area contributed by atoms with Crippen LogP contribution in [0.4, 0.5) is 4.39 Å². The predicted octanol–water partition coefficient (Wildman–Crippen LogP) is 1.10. The fraction of sp³-hybridized carbons (Fsp3) is 0.364. The highest BCUT2D eigenvalue weighted by atomic mass is 19.1. The van der Waals surface area contributed by atoms with Crippen molar-refractivity contribution in [2.45, 2.75) is 26.4 Å². The van der Waals surface area contributed by atoms with Gasteiger partial charge in [0.1, 0.15) is 5.82 Å². The van der Waals surface area contributed by atoms with E-state index >= 15 is 0 Å². The number of primary amides is 1. The molecule has 0 aliphatic heterocycles. The Labute approximate surface area is 88.5 Å². The maximum absolute atomic E-state index is 12.9. The molecule has 0 bridgehead atoms. The first kappa shape index (κ1) is 11.7. The van der Waals surface area contributed by atoms with Gasteiger partial charge in [-0.05, 0) is 31.0 Å². The summed E-state index contributed by atoms with van der Waals surface area (Å²) in [6.07, 6.45) is 0. The van der Waals surface area contributed by atoms with Crippen LogP contribution >= 0.6 is 0 Å². The first-order valence-corrected chi connectivity index (χ1v) is 4.78. The number of carbonyl (C=O) groups is 1. The lowest BCUT2D eigenvalue weighted by Crippen LogP contribution is -2.38. The van der Waals surface area contributed by atoms with Crippen LogP contribution in [0.15, 0.2) is 18.2 Å². The third-order valence-corrected chi connectivity index (χ3v) is 2.26. The molecule has 0 heterocycles. The highest BCUT2D eigenvalue weighted by molar-refractivity contribution is 5.79. The fourth-order valence-corrected chi connectivity index (χ4v) is 1.19. The van der Waals surface area contributed by atoms with E-state index < -0.39 is 5.91 Å². The zero-order chi connectivity index (χ0) is 11.4. The number of nitrogens with two attached hydrogens (primary N) is 1. The van der Waals surface area contributed by atoms with Crippen LogP contribution in [0, 0.1) is 12.7 Å². The van der Waals surface area contributed by atoms with Crippen molar-refractivity contribution in [1.29, 1.82) is 0 Å². The molecule has 0 radical (unpaired) electrons. The average molecular weight is 210 g/mol. The molecule has 0 saturated heterocycles. The Bertz CT molecular complexity index is 366. The molecule has 82 valence electrons. The number of nitrogens with one attached hydrogen (secondary N) is 1. The molecule has 0 aliphatic rings. The van der Waals surface area contributed by atoms with Gasteiger partial charge in [-0.15, -0.1) is 0 Å². The number of carbonyl (C=O) groups excluding carboxylic acids is 1. The van der Waals surface area contributed by atoms with E-state index in [2.05, 4.69) is 5.32 Å². The first-order chi connectivity index (χ1) is 7.00. The first-order valence-electron chi connectivity index (χ1n) is 4.78.